The normalized spacial score (nSPS) is 16.1. The topological polar surface area (TPSA) is 134 Å². The lowest BCUT2D eigenvalue weighted by Gasteiger charge is -2.24. The Morgan fingerprint density at radius 3 is 2.89 bits per heavy atom. The first-order chi connectivity index (χ1) is 13.7. The second-order valence-electron chi connectivity index (χ2n) is 6.04. The van der Waals surface area contributed by atoms with Crippen LogP contribution in [0.5, 0.6) is 0 Å². The molecule has 146 valence electrons. The summed E-state index contributed by atoms with van der Waals surface area (Å²) in [5.74, 6) is 0.435. The maximum atomic E-state index is 12.0. The Hall–Kier alpha value is -3.29. The average Bonchev–Trinajstić information content (AvgIpc) is 2.75. The number of hydrogen-bond donors (Lipinski definition) is 3. The molecule has 28 heavy (non-hydrogen) atoms. The first kappa shape index (κ1) is 19.5. The van der Waals surface area contributed by atoms with Gasteiger partial charge in [-0.2, -0.15) is 5.26 Å². The maximum Gasteiger partial charge on any atom is 0.341 e. The van der Waals surface area contributed by atoms with Gasteiger partial charge in [0, 0.05) is 31.9 Å². The molecule has 10 heteroatoms. The zero-order valence-corrected chi connectivity index (χ0v) is 15.4. The molecule has 2 aromatic heterocycles. The van der Waals surface area contributed by atoms with Crippen LogP contribution in [0.4, 0.5) is 17.3 Å². The van der Waals surface area contributed by atoms with Gasteiger partial charge in [0.05, 0.1) is 37.9 Å². The molecule has 0 saturated carbocycles. The minimum absolute atomic E-state index is 0.135. The van der Waals surface area contributed by atoms with Gasteiger partial charge in [-0.05, 0) is 6.42 Å². The highest BCUT2D eigenvalue weighted by molar-refractivity contribution is 5.95. The Morgan fingerprint density at radius 2 is 2.21 bits per heavy atom. The third-order valence-corrected chi connectivity index (χ3v) is 4.12. The molecule has 0 aliphatic carbocycles. The third-order valence-electron chi connectivity index (χ3n) is 4.12. The van der Waals surface area contributed by atoms with Crippen LogP contribution in [0.3, 0.4) is 0 Å². The van der Waals surface area contributed by atoms with Crippen molar-refractivity contribution in [1.82, 2.24) is 20.3 Å². The molecule has 1 saturated heterocycles. The van der Waals surface area contributed by atoms with Crippen molar-refractivity contribution in [3.05, 3.63) is 35.9 Å². The van der Waals surface area contributed by atoms with Crippen molar-refractivity contribution in [3.63, 3.8) is 0 Å². The van der Waals surface area contributed by atoms with Crippen LogP contribution < -0.4 is 16.0 Å². The van der Waals surface area contributed by atoms with Gasteiger partial charge in [0.15, 0.2) is 5.69 Å². The van der Waals surface area contributed by atoms with Gasteiger partial charge in [-0.3, -0.25) is 0 Å². The van der Waals surface area contributed by atoms with Gasteiger partial charge in [0.2, 0.25) is 0 Å². The molecule has 0 aromatic carbocycles. The van der Waals surface area contributed by atoms with Crippen molar-refractivity contribution >= 4 is 23.3 Å². The molecule has 3 rings (SSSR count). The molecule has 1 aliphatic heterocycles. The van der Waals surface area contributed by atoms with Gasteiger partial charge in [-0.1, -0.05) is 0 Å². The Labute approximate surface area is 162 Å². The number of carbonyl (C=O) groups is 1. The van der Waals surface area contributed by atoms with Gasteiger partial charge in [0.25, 0.3) is 0 Å². The van der Waals surface area contributed by atoms with E-state index in [1.54, 1.807) is 6.07 Å². The van der Waals surface area contributed by atoms with Crippen molar-refractivity contribution in [2.45, 2.75) is 12.5 Å². The number of nitriles is 1. The van der Waals surface area contributed by atoms with Gasteiger partial charge in [0.1, 0.15) is 23.3 Å². The number of morpholine rings is 1. The van der Waals surface area contributed by atoms with E-state index in [2.05, 4.69) is 30.9 Å². The van der Waals surface area contributed by atoms with Gasteiger partial charge in [-0.25, -0.2) is 19.7 Å². The van der Waals surface area contributed by atoms with Crippen LogP contribution >= 0.6 is 0 Å². The highest BCUT2D eigenvalue weighted by atomic mass is 16.5. The first-order valence-electron chi connectivity index (χ1n) is 8.83. The number of hydrogen-bond acceptors (Lipinski definition) is 10. The van der Waals surface area contributed by atoms with Crippen molar-refractivity contribution in [2.75, 3.05) is 44.0 Å². The third kappa shape index (κ3) is 5.12. The molecular weight excluding hydrogens is 362 g/mol. The molecule has 1 fully saturated rings. The van der Waals surface area contributed by atoms with Crippen molar-refractivity contribution in [2.24, 2.45) is 0 Å². The largest absolute Gasteiger partial charge is 0.465 e. The highest BCUT2D eigenvalue weighted by Gasteiger charge is 2.16. The maximum absolute atomic E-state index is 12.0. The van der Waals surface area contributed by atoms with Gasteiger partial charge >= 0.3 is 5.97 Å². The Kier molecular flexibility index (Phi) is 6.67. The number of aromatic nitrogens is 3. The number of pyridine rings is 1. The number of nitrogens with zero attached hydrogens (tertiary/aromatic N) is 4. The number of nitrogens with one attached hydrogen (secondary N) is 3. The van der Waals surface area contributed by atoms with Crippen LogP contribution in [0, 0.1) is 11.3 Å². The first-order valence-corrected chi connectivity index (χ1v) is 8.83. The van der Waals surface area contributed by atoms with Crippen LogP contribution in [0.2, 0.25) is 0 Å². The lowest BCUT2D eigenvalue weighted by Crippen LogP contribution is -2.39. The number of carbonyl (C=O) groups excluding carboxylic acids is 1. The van der Waals surface area contributed by atoms with Crippen molar-refractivity contribution < 1.29 is 14.3 Å². The smallest absolute Gasteiger partial charge is 0.341 e. The van der Waals surface area contributed by atoms with Crippen LogP contribution in [-0.4, -0.2) is 60.4 Å². The number of anilines is 3. The molecular formula is C18H21N7O3. The predicted octanol–water partition coefficient (Wildman–Crippen LogP) is 1.06. The summed E-state index contributed by atoms with van der Waals surface area (Å²) in [6.45, 7) is 3.00. The molecule has 3 N–H and O–H groups in total. The van der Waals surface area contributed by atoms with E-state index in [-0.39, 0.29) is 11.8 Å². The van der Waals surface area contributed by atoms with Crippen molar-refractivity contribution in [1.29, 1.82) is 5.26 Å². The van der Waals surface area contributed by atoms with Crippen LogP contribution in [0.1, 0.15) is 22.5 Å². The summed E-state index contributed by atoms with van der Waals surface area (Å²) in [4.78, 5) is 24.3. The van der Waals surface area contributed by atoms with Gasteiger partial charge < -0.3 is 25.4 Å². The lowest BCUT2D eigenvalue weighted by molar-refractivity contribution is 0.0258. The Bertz CT molecular complexity index is 845. The fourth-order valence-electron chi connectivity index (χ4n) is 2.70. The molecule has 0 amide bonds. The number of ether oxygens (including phenoxy) is 2. The minimum atomic E-state index is -0.477. The standard InChI is InChI=1S/C18H21N7O3/c1-27-18(26)14-10-24-16(25-17-11-22-12(7-19)8-23-17)6-15(14)21-3-2-13-9-20-4-5-28-13/h6,8,10-11,13,20H,2-5,9H2,1H3,(H2,21,23,24,25)/t13-/m0/s1. The number of esters is 1. The van der Waals surface area contributed by atoms with Crippen LogP contribution in [0.15, 0.2) is 24.7 Å². The summed E-state index contributed by atoms with van der Waals surface area (Å²) in [6.07, 6.45) is 5.17. The monoisotopic (exact) mass is 383 g/mol. The van der Waals surface area contributed by atoms with Gasteiger partial charge in [-0.15, -0.1) is 0 Å². The van der Waals surface area contributed by atoms with E-state index in [9.17, 15) is 4.79 Å². The summed E-state index contributed by atoms with van der Waals surface area (Å²) in [6, 6.07) is 3.61. The fraction of sp³-hybridized carbons (Fsp3) is 0.389. The van der Waals surface area contributed by atoms with E-state index >= 15 is 0 Å². The quantitative estimate of drug-likeness (QED) is 0.596. The van der Waals surface area contributed by atoms with Crippen LogP contribution in [0.25, 0.3) is 0 Å². The number of rotatable bonds is 7. The number of methoxy groups -OCH3 is 1. The van der Waals surface area contributed by atoms with Crippen molar-refractivity contribution in [3.8, 4) is 6.07 Å². The molecule has 1 aliphatic rings. The van der Waals surface area contributed by atoms with E-state index in [0.29, 0.717) is 36.0 Å². The predicted molar refractivity (Wildman–Crippen MR) is 101 cm³/mol. The summed E-state index contributed by atoms with van der Waals surface area (Å²) in [7, 11) is 1.33. The Balaban J connectivity index is 1.70. The van der Waals surface area contributed by atoms with E-state index in [1.165, 1.54) is 25.7 Å². The Morgan fingerprint density at radius 1 is 1.36 bits per heavy atom. The molecule has 2 aromatic rings. The summed E-state index contributed by atoms with van der Waals surface area (Å²) < 4.78 is 10.5. The zero-order chi connectivity index (χ0) is 19.8. The van der Waals surface area contributed by atoms with E-state index in [1.807, 2.05) is 6.07 Å². The summed E-state index contributed by atoms with van der Waals surface area (Å²) >= 11 is 0. The van der Waals surface area contributed by atoms with E-state index in [0.717, 1.165) is 19.5 Å². The molecule has 3 heterocycles. The molecule has 0 spiro atoms. The minimum Gasteiger partial charge on any atom is -0.465 e. The second-order valence-corrected chi connectivity index (χ2v) is 6.04. The second kappa shape index (κ2) is 9.59. The summed E-state index contributed by atoms with van der Waals surface area (Å²) in [5, 5.41) is 18.3. The molecule has 0 unspecified atom stereocenters. The average molecular weight is 383 g/mol. The highest BCUT2D eigenvalue weighted by Crippen LogP contribution is 2.22. The zero-order valence-electron chi connectivity index (χ0n) is 15.4. The molecule has 0 radical (unpaired) electrons. The lowest BCUT2D eigenvalue weighted by atomic mass is 10.2. The molecule has 0 bridgehead atoms. The van der Waals surface area contributed by atoms with E-state index < -0.39 is 5.97 Å². The SMILES string of the molecule is COC(=O)c1cnc(Nc2cnc(C#N)cn2)cc1NCC[C@H]1CNCCO1. The van der Waals surface area contributed by atoms with E-state index in [4.69, 9.17) is 14.7 Å². The molecule has 1 atom stereocenters. The van der Waals surface area contributed by atoms with Crippen LogP contribution in [-0.2, 0) is 9.47 Å². The summed E-state index contributed by atoms with van der Waals surface area (Å²) in [5.41, 5.74) is 1.15. The molecule has 10 nitrogen and oxygen atoms in total. The fourth-order valence-corrected chi connectivity index (χ4v) is 2.70.